The number of aromatic hydroxyl groups is 1. The van der Waals surface area contributed by atoms with E-state index in [1.165, 1.54) is 19.3 Å². The Morgan fingerprint density at radius 1 is 1.44 bits per heavy atom. The van der Waals surface area contributed by atoms with E-state index in [-0.39, 0.29) is 6.04 Å². The van der Waals surface area contributed by atoms with Crippen LogP contribution in [0.4, 0.5) is 0 Å². The second-order valence-electron chi connectivity index (χ2n) is 5.41. The zero-order chi connectivity index (χ0) is 13.1. The molecule has 2 atom stereocenters. The number of halogens is 1. The lowest BCUT2D eigenvalue weighted by Gasteiger charge is -2.23. The standard InChI is InChI=1S/C15H22BrNO/c1-3-14(17-10(2)8-11-4-5-11)13-9-12(16)6-7-15(13)18/h6-7,9-11,14,17-18H,3-5,8H2,1-2H3. The summed E-state index contributed by atoms with van der Waals surface area (Å²) >= 11 is 3.47. The van der Waals surface area contributed by atoms with Gasteiger partial charge in [-0.1, -0.05) is 35.7 Å². The van der Waals surface area contributed by atoms with Crippen LogP contribution in [0.3, 0.4) is 0 Å². The maximum Gasteiger partial charge on any atom is 0.120 e. The van der Waals surface area contributed by atoms with Crippen LogP contribution in [0.2, 0.25) is 0 Å². The van der Waals surface area contributed by atoms with E-state index in [1.807, 2.05) is 12.1 Å². The van der Waals surface area contributed by atoms with Crippen molar-refractivity contribution in [2.24, 2.45) is 5.92 Å². The second kappa shape index (κ2) is 6.07. The Bertz CT molecular complexity index is 403. The average molecular weight is 312 g/mol. The lowest BCUT2D eigenvalue weighted by atomic mass is 10.0. The van der Waals surface area contributed by atoms with Gasteiger partial charge in [-0.05, 0) is 43.9 Å². The van der Waals surface area contributed by atoms with Crippen molar-refractivity contribution in [3.63, 3.8) is 0 Å². The van der Waals surface area contributed by atoms with Gasteiger partial charge in [-0.2, -0.15) is 0 Å². The van der Waals surface area contributed by atoms with Crippen LogP contribution in [-0.4, -0.2) is 11.1 Å². The van der Waals surface area contributed by atoms with Gasteiger partial charge in [-0.15, -0.1) is 0 Å². The van der Waals surface area contributed by atoms with Crippen molar-refractivity contribution in [3.05, 3.63) is 28.2 Å². The number of phenols is 1. The monoisotopic (exact) mass is 311 g/mol. The van der Waals surface area contributed by atoms with Gasteiger partial charge in [0.15, 0.2) is 0 Å². The van der Waals surface area contributed by atoms with Crippen LogP contribution in [0.5, 0.6) is 5.75 Å². The van der Waals surface area contributed by atoms with Crippen molar-refractivity contribution in [1.29, 1.82) is 0 Å². The molecule has 3 heteroatoms. The quantitative estimate of drug-likeness (QED) is 0.817. The van der Waals surface area contributed by atoms with E-state index >= 15 is 0 Å². The molecule has 100 valence electrons. The molecule has 0 amide bonds. The third-order valence-electron chi connectivity index (χ3n) is 3.64. The molecule has 0 spiro atoms. The van der Waals surface area contributed by atoms with Crippen molar-refractivity contribution in [1.82, 2.24) is 5.32 Å². The molecule has 2 rings (SSSR count). The molecular weight excluding hydrogens is 290 g/mol. The minimum absolute atomic E-state index is 0.233. The maximum absolute atomic E-state index is 9.98. The summed E-state index contributed by atoms with van der Waals surface area (Å²) in [5.74, 6) is 1.32. The van der Waals surface area contributed by atoms with Crippen molar-refractivity contribution in [2.75, 3.05) is 0 Å². The molecule has 18 heavy (non-hydrogen) atoms. The van der Waals surface area contributed by atoms with Gasteiger partial charge in [-0.25, -0.2) is 0 Å². The van der Waals surface area contributed by atoms with Crippen LogP contribution in [0, 0.1) is 5.92 Å². The van der Waals surface area contributed by atoms with Crippen molar-refractivity contribution >= 4 is 15.9 Å². The fraction of sp³-hybridized carbons (Fsp3) is 0.600. The summed E-state index contributed by atoms with van der Waals surface area (Å²) in [6.07, 6.45) is 5.03. The molecule has 0 heterocycles. The second-order valence-corrected chi connectivity index (χ2v) is 6.33. The predicted molar refractivity (Wildman–Crippen MR) is 78.8 cm³/mol. The summed E-state index contributed by atoms with van der Waals surface area (Å²) < 4.78 is 1.02. The molecule has 1 aromatic carbocycles. The van der Waals surface area contributed by atoms with E-state index in [2.05, 4.69) is 35.1 Å². The number of hydrogen-bond donors (Lipinski definition) is 2. The van der Waals surface area contributed by atoms with E-state index in [4.69, 9.17) is 0 Å². The molecule has 0 saturated heterocycles. The SMILES string of the molecule is CCC(NC(C)CC1CC1)c1cc(Br)ccc1O. The maximum atomic E-state index is 9.98. The van der Waals surface area contributed by atoms with E-state index < -0.39 is 0 Å². The van der Waals surface area contributed by atoms with Gasteiger partial charge in [0.05, 0.1) is 0 Å². The van der Waals surface area contributed by atoms with Crippen LogP contribution >= 0.6 is 15.9 Å². The van der Waals surface area contributed by atoms with Gasteiger partial charge < -0.3 is 10.4 Å². The molecule has 1 aliphatic rings. The molecule has 0 radical (unpaired) electrons. The highest BCUT2D eigenvalue weighted by Gasteiger charge is 2.25. The fourth-order valence-electron chi connectivity index (χ4n) is 2.50. The smallest absolute Gasteiger partial charge is 0.120 e. The minimum atomic E-state index is 0.233. The van der Waals surface area contributed by atoms with E-state index in [1.54, 1.807) is 6.07 Å². The minimum Gasteiger partial charge on any atom is -0.508 e. The van der Waals surface area contributed by atoms with E-state index in [0.29, 0.717) is 11.8 Å². The molecule has 1 saturated carbocycles. The Labute approximate surface area is 118 Å². The molecule has 0 aromatic heterocycles. The molecule has 0 bridgehead atoms. The van der Waals surface area contributed by atoms with Gasteiger partial charge in [0.1, 0.15) is 5.75 Å². The zero-order valence-corrected chi connectivity index (χ0v) is 12.7. The molecule has 1 aliphatic carbocycles. The predicted octanol–water partition coefficient (Wildman–Crippen LogP) is 4.38. The molecule has 2 N–H and O–H groups in total. The summed E-state index contributed by atoms with van der Waals surface area (Å²) in [7, 11) is 0. The van der Waals surface area contributed by atoms with E-state index in [0.717, 1.165) is 22.4 Å². The van der Waals surface area contributed by atoms with Crippen LogP contribution in [0.25, 0.3) is 0 Å². The molecule has 2 nitrogen and oxygen atoms in total. The first-order chi connectivity index (χ1) is 8.60. The summed E-state index contributed by atoms with van der Waals surface area (Å²) in [5.41, 5.74) is 0.995. The largest absolute Gasteiger partial charge is 0.508 e. The fourth-order valence-corrected chi connectivity index (χ4v) is 2.88. The Morgan fingerprint density at radius 2 is 2.17 bits per heavy atom. The summed E-state index contributed by atoms with van der Waals surface area (Å²) in [6.45, 7) is 4.40. The normalized spacial score (nSPS) is 18.6. The summed E-state index contributed by atoms with van der Waals surface area (Å²) in [5, 5.41) is 13.6. The highest BCUT2D eigenvalue weighted by molar-refractivity contribution is 9.10. The topological polar surface area (TPSA) is 32.3 Å². The lowest BCUT2D eigenvalue weighted by Crippen LogP contribution is -2.30. The van der Waals surface area contributed by atoms with Crippen LogP contribution in [0.1, 0.15) is 51.1 Å². The Balaban J connectivity index is 2.03. The molecule has 1 aromatic rings. The van der Waals surface area contributed by atoms with Gasteiger partial charge in [0.2, 0.25) is 0 Å². The Kier molecular flexibility index (Phi) is 4.68. The lowest BCUT2D eigenvalue weighted by molar-refractivity contribution is 0.395. The van der Waals surface area contributed by atoms with Crippen LogP contribution < -0.4 is 5.32 Å². The van der Waals surface area contributed by atoms with Gasteiger partial charge in [0.25, 0.3) is 0 Å². The molecular formula is C15H22BrNO. The highest BCUT2D eigenvalue weighted by atomic mass is 79.9. The number of phenolic OH excluding ortho intramolecular Hbond substituents is 1. The Morgan fingerprint density at radius 3 is 2.78 bits per heavy atom. The zero-order valence-electron chi connectivity index (χ0n) is 11.1. The van der Waals surface area contributed by atoms with Crippen molar-refractivity contribution in [3.8, 4) is 5.75 Å². The highest BCUT2D eigenvalue weighted by Crippen LogP contribution is 2.35. The third kappa shape index (κ3) is 3.72. The van der Waals surface area contributed by atoms with Crippen molar-refractivity contribution < 1.29 is 5.11 Å². The van der Waals surface area contributed by atoms with Crippen LogP contribution in [-0.2, 0) is 0 Å². The van der Waals surface area contributed by atoms with E-state index in [9.17, 15) is 5.11 Å². The van der Waals surface area contributed by atoms with Crippen molar-refractivity contribution in [2.45, 2.75) is 51.6 Å². The Hall–Kier alpha value is -0.540. The number of rotatable bonds is 6. The number of nitrogens with one attached hydrogen (secondary N) is 1. The molecule has 0 aliphatic heterocycles. The number of benzene rings is 1. The van der Waals surface area contributed by atoms with Gasteiger partial charge in [-0.3, -0.25) is 0 Å². The number of hydrogen-bond acceptors (Lipinski definition) is 2. The molecule has 2 unspecified atom stereocenters. The van der Waals surface area contributed by atoms with Gasteiger partial charge in [0, 0.05) is 22.1 Å². The first-order valence-electron chi connectivity index (χ1n) is 6.84. The first-order valence-corrected chi connectivity index (χ1v) is 7.64. The average Bonchev–Trinajstić information content (AvgIpc) is 3.13. The summed E-state index contributed by atoms with van der Waals surface area (Å²) in [6, 6.07) is 6.39. The van der Waals surface area contributed by atoms with Gasteiger partial charge >= 0.3 is 0 Å². The van der Waals surface area contributed by atoms with Crippen LogP contribution in [0.15, 0.2) is 22.7 Å². The molecule has 1 fully saturated rings. The summed E-state index contributed by atoms with van der Waals surface area (Å²) in [4.78, 5) is 0. The first kappa shape index (κ1) is 13.9. The third-order valence-corrected chi connectivity index (χ3v) is 4.14.